The highest BCUT2D eigenvalue weighted by Crippen LogP contribution is 2.27. The number of nitrogens with one attached hydrogen (secondary N) is 4. The maximum atomic E-state index is 12.5. The van der Waals surface area contributed by atoms with Gasteiger partial charge in [-0.05, 0) is 66.1 Å². The molecule has 0 aliphatic carbocycles. The van der Waals surface area contributed by atoms with E-state index in [0.29, 0.717) is 48.7 Å². The minimum absolute atomic E-state index is 0.0358. The monoisotopic (exact) mass is 813 g/mol. The average molecular weight is 814 g/mol. The van der Waals surface area contributed by atoms with Gasteiger partial charge in [-0.1, -0.05) is 60.7 Å². The first kappa shape index (κ1) is 40.6. The number of pyridine rings is 1. The maximum Gasteiger partial charge on any atom is 0.225 e. The Balaban J connectivity index is 1.01. The summed E-state index contributed by atoms with van der Waals surface area (Å²) in [6, 6.07) is 29.4. The highest BCUT2D eigenvalue weighted by Gasteiger charge is 2.12. The summed E-state index contributed by atoms with van der Waals surface area (Å²) in [6.45, 7) is 7.36. The van der Waals surface area contributed by atoms with Gasteiger partial charge in [0.2, 0.25) is 11.8 Å². The number of hydrogen-bond acceptors (Lipinski definition) is 11. The quantitative estimate of drug-likeness (QED) is 0.0455. The van der Waals surface area contributed by atoms with E-state index in [1.165, 1.54) is 0 Å². The van der Waals surface area contributed by atoms with Crippen LogP contribution < -0.4 is 21.3 Å². The van der Waals surface area contributed by atoms with Crippen molar-refractivity contribution in [3.63, 3.8) is 0 Å². The smallest absolute Gasteiger partial charge is 0.225 e. The Labute approximate surface area is 346 Å². The van der Waals surface area contributed by atoms with Crippen LogP contribution >= 0.6 is 23.5 Å². The topological polar surface area (TPSA) is 157 Å². The number of fused-ring (bicyclic) bond motifs is 2. The van der Waals surface area contributed by atoms with Crippen LogP contribution in [0.3, 0.4) is 0 Å². The summed E-state index contributed by atoms with van der Waals surface area (Å²) in [7, 11) is 0. The van der Waals surface area contributed by atoms with Gasteiger partial charge in [-0.15, -0.1) is 10.2 Å². The maximum absolute atomic E-state index is 12.5. The largest absolute Gasteiger partial charge is 0.326 e. The fourth-order valence-corrected chi connectivity index (χ4v) is 7.47. The molecular weight excluding hydrogens is 767 g/mol. The van der Waals surface area contributed by atoms with Crippen molar-refractivity contribution in [2.75, 3.05) is 59.8 Å². The zero-order valence-corrected chi connectivity index (χ0v) is 34.3. The molecule has 0 spiro atoms. The third kappa shape index (κ3) is 10.9. The second kappa shape index (κ2) is 20.2. The van der Waals surface area contributed by atoms with Gasteiger partial charge in [0.05, 0.1) is 34.8 Å². The number of thioether (sulfide) groups is 2. The molecule has 4 N–H and O–H groups in total. The van der Waals surface area contributed by atoms with Crippen molar-refractivity contribution in [2.45, 2.75) is 26.7 Å². The van der Waals surface area contributed by atoms with Gasteiger partial charge in [0.25, 0.3) is 0 Å². The third-order valence-electron chi connectivity index (χ3n) is 9.29. The van der Waals surface area contributed by atoms with Crippen LogP contribution in [0.2, 0.25) is 0 Å². The van der Waals surface area contributed by atoms with Crippen LogP contribution in [0.25, 0.3) is 55.7 Å². The van der Waals surface area contributed by atoms with Crippen molar-refractivity contribution < 1.29 is 9.59 Å². The van der Waals surface area contributed by atoms with Crippen LogP contribution in [0.5, 0.6) is 0 Å². The van der Waals surface area contributed by atoms with Gasteiger partial charge < -0.3 is 21.3 Å². The van der Waals surface area contributed by atoms with Crippen LogP contribution in [0, 0.1) is 0 Å². The molecule has 0 unspecified atom stereocenters. The molecule has 298 valence electrons. The van der Waals surface area contributed by atoms with Crippen molar-refractivity contribution in [2.24, 2.45) is 0 Å². The zero-order valence-electron chi connectivity index (χ0n) is 32.6. The second-order valence-corrected chi connectivity index (χ2v) is 16.3. The molecule has 13 nitrogen and oxygen atoms in total. The minimum atomic E-state index is -0.0358. The first-order chi connectivity index (χ1) is 28.4. The van der Waals surface area contributed by atoms with E-state index < -0.39 is 0 Å². The molecule has 58 heavy (non-hydrogen) atoms. The molecule has 0 aliphatic heterocycles. The summed E-state index contributed by atoms with van der Waals surface area (Å²) in [5, 5.41) is 32.3. The summed E-state index contributed by atoms with van der Waals surface area (Å²) in [4.78, 5) is 30.1. The van der Waals surface area contributed by atoms with Gasteiger partial charge >= 0.3 is 0 Å². The molecule has 0 saturated heterocycles. The fourth-order valence-electron chi connectivity index (χ4n) is 6.32. The number of aromatic nitrogens is 7. The number of nitrogens with zero attached hydrogens (tertiary/aromatic N) is 7. The van der Waals surface area contributed by atoms with Crippen molar-refractivity contribution >= 4 is 68.5 Å². The van der Waals surface area contributed by atoms with Crippen molar-refractivity contribution in [3.8, 4) is 33.9 Å². The van der Waals surface area contributed by atoms with Crippen LogP contribution in [0.15, 0.2) is 103 Å². The molecule has 7 aromatic rings. The van der Waals surface area contributed by atoms with E-state index in [0.717, 1.165) is 80.4 Å². The van der Waals surface area contributed by atoms with Gasteiger partial charge in [0, 0.05) is 83.8 Å². The number of amides is 2. The van der Waals surface area contributed by atoms with Gasteiger partial charge in [0.1, 0.15) is 11.4 Å². The molecule has 3 heterocycles. The summed E-state index contributed by atoms with van der Waals surface area (Å²) >= 11 is 3.76. The lowest BCUT2D eigenvalue weighted by Gasteiger charge is -2.08. The van der Waals surface area contributed by atoms with Crippen LogP contribution in [-0.2, 0) is 9.59 Å². The molecule has 2 amide bonds. The van der Waals surface area contributed by atoms with Gasteiger partial charge in [0.15, 0.2) is 0 Å². The third-order valence-corrected chi connectivity index (χ3v) is 11.1. The Morgan fingerprint density at radius 2 is 1.07 bits per heavy atom. The van der Waals surface area contributed by atoms with E-state index in [1.54, 1.807) is 9.36 Å². The van der Waals surface area contributed by atoms with Gasteiger partial charge in [-0.2, -0.15) is 23.5 Å². The van der Waals surface area contributed by atoms with Crippen molar-refractivity contribution in [1.82, 2.24) is 45.6 Å². The summed E-state index contributed by atoms with van der Waals surface area (Å²) in [5.74, 6) is 4.20. The minimum Gasteiger partial charge on any atom is -0.326 e. The number of benzene rings is 4. The Bertz CT molecular complexity index is 2320. The number of carbonyl (C=O) groups excluding carboxylic acids is 2. The van der Waals surface area contributed by atoms with Crippen molar-refractivity contribution in [1.29, 1.82) is 0 Å². The predicted octanol–water partition coefficient (Wildman–Crippen LogP) is 7.23. The molecule has 0 bridgehead atoms. The van der Waals surface area contributed by atoms with E-state index in [2.05, 4.69) is 61.8 Å². The lowest BCUT2D eigenvalue weighted by Crippen LogP contribution is -2.23. The normalized spacial score (nSPS) is 11.3. The molecule has 4 aromatic carbocycles. The Hall–Kier alpha value is -5.61. The molecule has 0 radical (unpaired) electrons. The number of anilines is 2. The number of rotatable bonds is 20. The summed E-state index contributed by atoms with van der Waals surface area (Å²) < 4.78 is 3.46. The van der Waals surface area contributed by atoms with Crippen LogP contribution in [0.1, 0.15) is 26.7 Å². The second-order valence-electron chi connectivity index (χ2n) is 13.5. The predicted molar refractivity (Wildman–Crippen MR) is 238 cm³/mol. The average Bonchev–Trinajstić information content (AvgIpc) is 3.94. The number of carbonyl (C=O) groups is 2. The first-order valence-corrected chi connectivity index (χ1v) is 21.8. The van der Waals surface area contributed by atoms with E-state index in [1.807, 2.05) is 121 Å². The molecule has 0 fully saturated rings. The van der Waals surface area contributed by atoms with E-state index in [4.69, 9.17) is 4.98 Å². The van der Waals surface area contributed by atoms with E-state index in [9.17, 15) is 9.59 Å². The zero-order chi connectivity index (χ0) is 40.1. The molecule has 0 aliphatic rings. The highest BCUT2D eigenvalue weighted by molar-refractivity contribution is 7.99. The highest BCUT2D eigenvalue weighted by atomic mass is 32.2. The summed E-state index contributed by atoms with van der Waals surface area (Å²) in [6.07, 6.45) is 4.55. The SMILES string of the molecule is CCSCCNCCC(=O)Nc1cccc(-c2cn(-c3ccc4cc5ccc(-n6cc(-c7cccc(NC(=O)CCNCCSCC)c7)nn6)cc5nc4c3)nn2)c1. The van der Waals surface area contributed by atoms with Crippen molar-refractivity contribution in [3.05, 3.63) is 103 Å². The van der Waals surface area contributed by atoms with Crippen LogP contribution in [-0.4, -0.2) is 96.0 Å². The Morgan fingerprint density at radius 1 is 0.586 bits per heavy atom. The van der Waals surface area contributed by atoms with Crippen LogP contribution in [0.4, 0.5) is 11.4 Å². The van der Waals surface area contributed by atoms with E-state index >= 15 is 0 Å². The van der Waals surface area contributed by atoms with Gasteiger partial charge in [-0.25, -0.2) is 14.3 Å². The fraction of sp³-hybridized carbons (Fsp3) is 0.279. The summed E-state index contributed by atoms with van der Waals surface area (Å²) in [5.41, 5.74) is 7.77. The number of hydrogen-bond donors (Lipinski definition) is 4. The molecule has 0 atom stereocenters. The Kier molecular flexibility index (Phi) is 14.1. The molecule has 0 saturated carbocycles. The molecule has 3 aromatic heterocycles. The standard InChI is InChI=1S/C43H47N11O2S2/c1-3-57-21-19-44-17-15-42(55)46-34-9-5-7-30(24-34)40-28-53(51-49-40)36-13-11-32-23-33-12-14-37(27-39(33)48-38(32)26-36)54-29-41(50-52-54)31-8-6-10-35(25-31)47-43(56)16-18-45-20-22-58-4-2/h5-14,23-29,44-45H,3-4,15-22H2,1-2H3,(H,46,55)(H,47,56). The lowest BCUT2D eigenvalue weighted by atomic mass is 10.1. The molecule has 15 heteroatoms. The lowest BCUT2D eigenvalue weighted by molar-refractivity contribution is -0.116. The Morgan fingerprint density at radius 3 is 1.53 bits per heavy atom. The van der Waals surface area contributed by atoms with Gasteiger partial charge in [-0.3, -0.25) is 9.59 Å². The molecular formula is C43H47N11O2S2. The van der Waals surface area contributed by atoms with E-state index in [-0.39, 0.29) is 11.8 Å². The molecule has 7 rings (SSSR count). The first-order valence-electron chi connectivity index (χ1n) is 19.5.